The number of rotatable bonds is 2. The van der Waals surface area contributed by atoms with Gasteiger partial charge in [-0.3, -0.25) is 4.90 Å². The van der Waals surface area contributed by atoms with Gasteiger partial charge in [0.2, 0.25) is 0 Å². The van der Waals surface area contributed by atoms with Gasteiger partial charge in [0.15, 0.2) is 0 Å². The van der Waals surface area contributed by atoms with Crippen molar-refractivity contribution < 1.29 is 9.84 Å². The van der Waals surface area contributed by atoms with E-state index in [9.17, 15) is 5.11 Å². The Kier molecular flexibility index (Phi) is 5.48. The zero-order valence-corrected chi connectivity index (χ0v) is 21.8. The molecule has 6 aliphatic rings. The van der Waals surface area contributed by atoms with Crippen LogP contribution in [0.3, 0.4) is 0 Å². The predicted octanol–water partition coefficient (Wildman–Crippen LogP) is 6.12. The standard InChI is InChI=1S/C30H47NO2/c1-6-13-31-17-18(2)14-27-28(31)20(4)30(33-27)12-10-23-24-8-7-21-15-22(32)9-11-29(21,5)26(24)16-25(23)19(30)3/h7,18,20,22-24,26-28,32H,6,8-17H2,1-5H3/t18-,20+,22-,23-,24-,26-,27+,28-,29-,30?/m0/s1. The summed E-state index contributed by atoms with van der Waals surface area (Å²) in [4.78, 5) is 2.79. The Bertz CT molecular complexity index is 861. The lowest BCUT2D eigenvalue weighted by atomic mass is 9.56. The van der Waals surface area contributed by atoms with Gasteiger partial charge in [0, 0.05) is 18.5 Å². The molecule has 0 aromatic carbocycles. The molecule has 33 heavy (non-hydrogen) atoms. The van der Waals surface area contributed by atoms with Crippen molar-refractivity contribution in [2.45, 2.75) is 116 Å². The second-order valence-corrected chi connectivity index (χ2v) is 13.2. The zero-order chi connectivity index (χ0) is 23.1. The molecule has 4 fully saturated rings. The Morgan fingerprint density at radius 1 is 1.18 bits per heavy atom. The van der Waals surface area contributed by atoms with Crippen LogP contribution < -0.4 is 0 Å². The van der Waals surface area contributed by atoms with Gasteiger partial charge in [0.1, 0.15) is 0 Å². The average Bonchev–Trinajstić information content (AvgIpc) is 3.29. The van der Waals surface area contributed by atoms with Gasteiger partial charge in [0.05, 0.1) is 17.8 Å². The first-order valence-electron chi connectivity index (χ1n) is 14.3. The molecule has 0 radical (unpaired) electrons. The minimum Gasteiger partial charge on any atom is -0.393 e. The molecule has 2 saturated carbocycles. The molecular formula is C30H47NO2. The first-order valence-corrected chi connectivity index (χ1v) is 14.3. The maximum absolute atomic E-state index is 10.3. The molecule has 0 bridgehead atoms. The number of allylic oxidation sites excluding steroid dienone is 2. The summed E-state index contributed by atoms with van der Waals surface area (Å²) in [5, 5.41) is 10.3. The van der Waals surface area contributed by atoms with Crippen LogP contribution in [0.1, 0.15) is 92.4 Å². The van der Waals surface area contributed by atoms with E-state index in [-0.39, 0.29) is 11.7 Å². The lowest BCUT2D eigenvalue weighted by Gasteiger charge is -2.49. The first kappa shape index (κ1) is 22.8. The Hall–Kier alpha value is -0.640. The van der Waals surface area contributed by atoms with E-state index in [2.05, 4.69) is 45.6 Å². The summed E-state index contributed by atoms with van der Waals surface area (Å²) in [6.45, 7) is 14.8. The Morgan fingerprint density at radius 3 is 2.79 bits per heavy atom. The summed E-state index contributed by atoms with van der Waals surface area (Å²) in [6.07, 6.45) is 13.5. The van der Waals surface area contributed by atoms with Crippen LogP contribution in [0.2, 0.25) is 0 Å². The van der Waals surface area contributed by atoms with Crippen molar-refractivity contribution in [2.24, 2.45) is 35.0 Å². The SMILES string of the molecule is CCCN1C[C@@H](C)C[C@H]2OC3(CC[C@@H]4C(=C3C)C[C@H]3[C@H]4CC=C4C[C@@H](O)CC[C@@]43C)[C@H](C)[C@@H]21. The summed E-state index contributed by atoms with van der Waals surface area (Å²) in [5.74, 6) is 3.68. The lowest BCUT2D eigenvalue weighted by Crippen LogP contribution is -2.52. The van der Waals surface area contributed by atoms with Crippen LogP contribution in [0, 0.1) is 35.0 Å². The summed E-state index contributed by atoms with van der Waals surface area (Å²) >= 11 is 0. The van der Waals surface area contributed by atoms with Crippen LogP contribution in [0.5, 0.6) is 0 Å². The minimum atomic E-state index is -0.113. The van der Waals surface area contributed by atoms with Gasteiger partial charge in [-0.25, -0.2) is 0 Å². The van der Waals surface area contributed by atoms with E-state index in [4.69, 9.17) is 4.74 Å². The third kappa shape index (κ3) is 3.17. The molecule has 0 aromatic rings. The highest BCUT2D eigenvalue weighted by molar-refractivity contribution is 5.38. The van der Waals surface area contributed by atoms with E-state index in [0.717, 1.165) is 36.5 Å². The molecule has 2 heterocycles. The van der Waals surface area contributed by atoms with E-state index in [0.29, 0.717) is 23.5 Å². The van der Waals surface area contributed by atoms with Crippen molar-refractivity contribution >= 4 is 0 Å². The molecule has 3 heteroatoms. The van der Waals surface area contributed by atoms with Crippen molar-refractivity contribution in [2.75, 3.05) is 13.1 Å². The number of hydrogen-bond donors (Lipinski definition) is 1. The van der Waals surface area contributed by atoms with E-state index in [1.807, 2.05) is 0 Å². The quantitative estimate of drug-likeness (QED) is 0.511. The van der Waals surface area contributed by atoms with Crippen molar-refractivity contribution in [1.82, 2.24) is 4.90 Å². The van der Waals surface area contributed by atoms with Gasteiger partial charge >= 0.3 is 0 Å². The average molecular weight is 454 g/mol. The normalized spacial score (nSPS) is 51.8. The van der Waals surface area contributed by atoms with Gasteiger partial charge < -0.3 is 9.84 Å². The molecule has 184 valence electrons. The number of fused-ring (bicyclic) bond motifs is 6. The van der Waals surface area contributed by atoms with E-state index >= 15 is 0 Å². The van der Waals surface area contributed by atoms with E-state index < -0.39 is 0 Å². The molecule has 0 amide bonds. The van der Waals surface area contributed by atoms with Gasteiger partial charge in [0.25, 0.3) is 0 Å². The highest BCUT2D eigenvalue weighted by Gasteiger charge is 2.61. The molecule has 6 rings (SSSR count). The Balaban J connectivity index is 1.33. The highest BCUT2D eigenvalue weighted by atomic mass is 16.5. The fourth-order valence-corrected chi connectivity index (χ4v) is 10.0. The molecule has 1 unspecified atom stereocenters. The van der Waals surface area contributed by atoms with Crippen LogP contribution in [0.4, 0.5) is 0 Å². The summed E-state index contributed by atoms with van der Waals surface area (Å²) in [6, 6.07) is 0.600. The molecule has 3 nitrogen and oxygen atoms in total. The monoisotopic (exact) mass is 453 g/mol. The molecule has 10 atom stereocenters. The van der Waals surface area contributed by atoms with Crippen LogP contribution in [-0.4, -0.2) is 46.9 Å². The first-order chi connectivity index (χ1) is 15.8. The summed E-state index contributed by atoms with van der Waals surface area (Å²) in [5.41, 5.74) is 5.29. The maximum Gasteiger partial charge on any atom is 0.0937 e. The van der Waals surface area contributed by atoms with Crippen molar-refractivity contribution in [3.8, 4) is 0 Å². The smallest absolute Gasteiger partial charge is 0.0937 e. The van der Waals surface area contributed by atoms with Gasteiger partial charge in [-0.05, 0) is 106 Å². The summed E-state index contributed by atoms with van der Waals surface area (Å²) < 4.78 is 7.23. The van der Waals surface area contributed by atoms with Gasteiger partial charge in [-0.1, -0.05) is 44.9 Å². The Morgan fingerprint density at radius 2 is 2.00 bits per heavy atom. The van der Waals surface area contributed by atoms with Crippen molar-refractivity contribution in [3.63, 3.8) is 0 Å². The fraction of sp³-hybridized carbons (Fsp3) is 0.867. The topological polar surface area (TPSA) is 32.7 Å². The molecular weight excluding hydrogens is 406 g/mol. The number of ether oxygens (including phenoxy) is 1. The molecule has 2 aliphatic heterocycles. The van der Waals surface area contributed by atoms with Crippen molar-refractivity contribution in [3.05, 3.63) is 22.8 Å². The molecule has 1 spiro atoms. The second kappa shape index (κ2) is 7.93. The Labute approximate surface area is 202 Å². The molecule has 0 aromatic heterocycles. The zero-order valence-electron chi connectivity index (χ0n) is 21.8. The van der Waals surface area contributed by atoms with E-state index in [1.54, 1.807) is 16.7 Å². The number of aliphatic hydroxyl groups is 1. The third-order valence-electron chi connectivity index (χ3n) is 11.6. The summed E-state index contributed by atoms with van der Waals surface area (Å²) in [7, 11) is 0. The molecule has 1 N–H and O–H groups in total. The van der Waals surface area contributed by atoms with Crippen LogP contribution in [-0.2, 0) is 4.74 Å². The number of aliphatic hydroxyl groups excluding tert-OH is 1. The fourth-order valence-electron chi connectivity index (χ4n) is 10.0. The lowest BCUT2D eigenvalue weighted by molar-refractivity contribution is -0.0648. The minimum absolute atomic E-state index is 0.0232. The van der Waals surface area contributed by atoms with Crippen LogP contribution >= 0.6 is 0 Å². The number of hydrogen-bond acceptors (Lipinski definition) is 3. The van der Waals surface area contributed by atoms with Crippen LogP contribution in [0.25, 0.3) is 0 Å². The van der Waals surface area contributed by atoms with Gasteiger partial charge in [-0.2, -0.15) is 0 Å². The van der Waals surface area contributed by atoms with Crippen molar-refractivity contribution in [1.29, 1.82) is 0 Å². The van der Waals surface area contributed by atoms with Gasteiger partial charge in [-0.15, -0.1) is 0 Å². The predicted molar refractivity (Wildman–Crippen MR) is 134 cm³/mol. The molecule has 4 aliphatic carbocycles. The van der Waals surface area contributed by atoms with E-state index in [1.165, 1.54) is 58.0 Å². The number of piperidine rings is 1. The largest absolute Gasteiger partial charge is 0.393 e. The number of nitrogens with zero attached hydrogens (tertiary/aromatic N) is 1. The third-order valence-corrected chi connectivity index (χ3v) is 11.6. The molecule has 2 saturated heterocycles. The maximum atomic E-state index is 10.3. The second-order valence-electron chi connectivity index (χ2n) is 13.2. The highest BCUT2D eigenvalue weighted by Crippen LogP contribution is 2.65. The number of likely N-dealkylation sites (tertiary alicyclic amines) is 1. The van der Waals surface area contributed by atoms with Crippen LogP contribution in [0.15, 0.2) is 22.8 Å².